The van der Waals surface area contributed by atoms with Crippen LogP contribution in [0.1, 0.15) is 30.4 Å². The first-order chi connectivity index (χ1) is 21.5. The van der Waals surface area contributed by atoms with Crippen molar-refractivity contribution in [1.82, 2.24) is 14.5 Å². The quantitative estimate of drug-likeness (QED) is 0.418. The minimum atomic E-state index is -0.384. The number of carbonyl (C=O) groups excluding carboxylic acids is 1. The molecule has 3 aromatic rings. The van der Waals surface area contributed by atoms with E-state index in [9.17, 15) is 9.59 Å². The van der Waals surface area contributed by atoms with Crippen molar-refractivity contribution < 1.29 is 19.0 Å². The van der Waals surface area contributed by atoms with E-state index in [4.69, 9.17) is 19.2 Å². The van der Waals surface area contributed by atoms with Crippen LogP contribution in [0.4, 0.5) is 11.6 Å². The van der Waals surface area contributed by atoms with E-state index in [0.29, 0.717) is 41.7 Å². The zero-order valence-electron chi connectivity index (χ0n) is 24.9. The second-order valence-electron chi connectivity index (χ2n) is 11.4. The zero-order valence-corrected chi connectivity index (χ0v) is 24.9. The highest BCUT2D eigenvalue weighted by Crippen LogP contribution is 2.48. The topological polar surface area (TPSA) is 98.2 Å². The Kier molecular flexibility index (Phi) is 7.43. The lowest BCUT2D eigenvalue weighted by Crippen LogP contribution is -2.48. The summed E-state index contributed by atoms with van der Waals surface area (Å²) in [5.41, 5.74) is 3.58. The lowest BCUT2D eigenvalue weighted by atomic mass is 9.75. The van der Waals surface area contributed by atoms with Crippen LogP contribution in [0, 0.1) is 5.92 Å². The molecule has 10 nitrogen and oxygen atoms in total. The fourth-order valence-corrected chi connectivity index (χ4v) is 6.69. The molecule has 0 bridgehead atoms. The molecule has 2 unspecified atom stereocenters. The molecule has 0 saturated carbocycles. The van der Waals surface area contributed by atoms with E-state index < -0.39 is 0 Å². The average molecular weight is 594 g/mol. The predicted molar refractivity (Wildman–Crippen MR) is 167 cm³/mol. The van der Waals surface area contributed by atoms with E-state index in [0.717, 1.165) is 48.7 Å². The van der Waals surface area contributed by atoms with Crippen molar-refractivity contribution in [3.8, 4) is 17.2 Å². The van der Waals surface area contributed by atoms with Gasteiger partial charge in [0.25, 0.3) is 0 Å². The Labute approximate surface area is 255 Å². The number of hydrogen-bond donors (Lipinski definition) is 1. The molecule has 1 aliphatic carbocycles. The number of para-hydroxylation sites is 1. The molecule has 0 spiro atoms. The molecule has 1 N–H and O–H groups in total. The summed E-state index contributed by atoms with van der Waals surface area (Å²) in [6, 6.07) is 15.6. The third-order valence-corrected chi connectivity index (χ3v) is 8.82. The van der Waals surface area contributed by atoms with Crippen LogP contribution < -0.4 is 25.4 Å². The Morgan fingerprint density at radius 2 is 1.84 bits per heavy atom. The van der Waals surface area contributed by atoms with Gasteiger partial charge in [-0.1, -0.05) is 48.6 Å². The highest BCUT2D eigenvalue weighted by atomic mass is 16.7. The Balaban J connectivity index is 1.28. The molecule has 7 rings (SSSR count). The van der Waals surface area contributed by atoms with Gasteiger partial charge in [0.2, 0.25) is 6.79 Å². The number of aromatic nitrogens is 2. The number of fused-ring (bicyclic) bond motifs is 2. The maximum absolute atomic E-state index is 13.8. The van der Waals surface area contributed by atoms with Gasteiger partial charge in [-0.25, -0.2) is 14.2 Å². The van der Waals surface area contributed by atoms with Gasteiger partial charge in [-0.15, -0.1) is 0 Å². The Morgan fingerprint density at radius 1 is 1.05 bits per heavy atom. The average Bonchev–Trinajstić information content (AvgIpc) is 3.53. The van der Waals surface area contributed by atoms with Crippen LogP contribution in [0.2, 0.25) is 0 Å². The number of rotatable bonds is 6. The van der Waals surface area contributed by atoms with Gasteiger partial charge in [0.15, 0.2) is 11.5 Å². The standard InChI is InChI=1S/C34H35N5O5/c1-22-28(33(40)42-2)29(24-9-5-3-6-10-24)30-31(36-34(41)39(32(30)35-22)25-11-7-4-8-12-25)38-17-15-37(16-18-38)20-23-13-14-26-27(19-23)44-21-43-26/h3-9,11-14,19,24,29,35H,10,15-18,20-21H2,1-2H3. The Morgan fingerprint density at radius 3 is 2.59 bits per heavy atom. The summed E-state index contributed by atoms with van der Waals surface area (Å²) in [7, 11) is 1.41. The number of esters is 1. The fraction of sp³-hybridized carbons (Fsp3) is 0.324. The summed E-state index contributed by atoms with van der Waals surface area (Å²) in [4.78, 5) is 36.5. The van der Waals surface area contributed by atoms with Crippen molar-refractivity contribution in [2.24, 2.45) is 5.92 Å². The molecule has 44 heavy (non-hydrogen) atoms. The molecule has 0 radical (unpaired) electrons. The van der Waals surface area contributed by atoms with Crippen LogP contribution in [-0.4, -0.2) is 60.5 Å². The van der Waals surface area contributed by atoms with E-state index in [1.54, 1.807) is 4.57 Å². The van der Waals surface area contributed by atoms with E-state index in [-0.39, 0.29) is 30.3 Å². The van der Waals surface area contributed by atoms with Crippen molar-refractivity contribution in [2.45, 2.75) is 25.8 Å². The summed E-state index contributed by atoms with van der Waals surface area (Å²) in [5, 5.41) is 3.44. The number of anilines is 2. The van der Waals surface area contributed by atoms with Crippen molar-refractivity contribution in [1.29, 1.82) is 0 Å². The molecule has 1 aromatic heterocycles. The van der Waals surface area contributed by atoms with Gasteiger partial charge in [0.05, 0.1) is 18.4 Å². The number of benzene rings is 2. The highest BCUT2D eigenvalue weighted by Gasteiger charge is 2.41. The molecule has 1 saturated heterocycles. The summed E-state index contributed by atoms with van der Waals surface area (Å²) < 4.78 is 18.0. The van der Waals surface area contributed by atoms with Gasteiger partial charge >= 0.3 is 11.7 Å². The first-order valence-corrected chi connectivity index (χ1v) is 15.0. The first-order valence-electron chi connectivity index (χ1n) is 15.0. The van der Waals surface area contributed by atoms with Gasteiger partial charge in [-0.05, 0) is 49.1 Å². The van der Waals surface area contributed by atoms with E-state index in [1.165, 1.54) is 7.11 Å². The number of piperazine rings is 1. The Hall–Kier alpha value is -4.83. The van der Waals surface area contributed by atoms with Gasteiger partial charge in [-0.3, -0.25) is 4.90 Å². The van der Waals surface area contributed by atoms with Crippen LogP contribution in [0.15, 0.2) is 88.9 Å². The minimum Gasteiger partial charge on any atom is -0.466 e. The second-order valence-corrected chi connectivity index (χ2v) is 11.4. The number of allylic oxidation sites excluding steroid dienone is 5. The van der Waals surface area contributed by atoms with Crippen LogP contribution in [0.25, 0.3) is 5.69 Å². The number of nitrogens with one attached hydrogen (secondary N) is 1. The largest absolute Gasteiger partial charge is 0.466 e. The van der Waals surface area contributed by atoms with Crippen LogP contribution in [-0.2, 0) is 16.1 Å². The molecule has 1 fully saturated rings. The normalized spacial score (nSPS) is 20.8. The third-order valence-electron chi connectivity index (χ3n) is 8.82. The highest BCUT2D eigenvalue weighted by molar-refractivity contribution is 5.94. The van der Waals surface area contributed by atoms with Gasteiger partial charge < -0.3 is 24.4 Å². The molecule has 4 aliphatic rings. The van der Waals surface area contributed by atoms with Crippen molar-refractivity contribution in [3.05, 3.63) is 106 Å². The lowest BCUT2D eigenvalue weighted by molar-refractivity contribution is -0.136. The van der Waals surface area contributed by atoms with Gasteiger partial charge in [0, 0.05) is 49.9 Å². The van der Waals surface area contributed by atoms with Gasteiger partial charge in [0.1, 0.15) is 11.6 Å². The maximum atomic E-state index is 13.8. The maximum Gasteiger partial charge on any atom is 0.355 e. The number of carbonyl (C=O) groups is 1. The molecule has 2 atom stereocenters. The molecule has 3 aliphatic heterocycles. The second kappa shape index (κ2) is 11.7. The summed E-state index contributed by atoms with van der Waals surface area (Å²) >= 11 is 0. The van der Waals surface area contributed by atoms with E-state index in [2.05, 4.69) is 33.3 Å². The zero-order chi connectivity index (χ0) is 30.2. The molecule has 2 aromatic carbocycles. The molecule has 4 heterocycles. The summed E-state index contributed by atoms with van der Waals surface area (Å²) in [5.74, 6) is 2.07. The fourth-order valence-electron chi connectivity index (χ4n) is 6.69. The van der Waals surface area contributed by atoms with E-state index in [1.807, 2.05) is 61.5 Å². The van der Waals surface area contributed by atoms with Crippen molar-refractivity contribution in [3.63, 3.8) is 0 Å². The SMILES string of the molecule is COC(=O)C1=C(C)Nc2c(c(N3CCN(Cc4ccc5c(c4)OCO5)CC3)nc(=O)n2-c2ccccc2)C1C1C=CC=CC1. The van der Waals surface area contributed by atoms with Crippen LogP contribution in [0.5, 0.6) is 11.5 Å². The molecular formula is C34H35N5O5. The van der Waals surface area contributed by atoms with Crippen molar-refractivity contribution >= 4 is 17.6 Å². The number of ether oxygens (including phenoxy) is 3. The molecule has 226 valence electrons. The summed E-state index contributed by atoms with van der Waals surface area (Å²) in [6.45, 7) is 5.85. The summed E-state index contributed by atoms with van der Waals surface area (Å²) in [6.07, 6.45) is 9.06. The number of methoxy groups -OCH3 is 1. The number of hydrogen-bond acceptors (Lipinski definition) is 9. The Bertz CT molecular complexity index is 1740. The first kappa shape index (κ1) is 28.0. The predicted octanol–water partition coefficient (Wildman–Crippen LogP) is 4.37. The number of nitrogens with zero attached hydrogens (tertiary/aromatic N) is 4. The smallest absolute Gasteiger partial charge is 0.355 e. The van der Waals surface area contributed by atoms with Gasteiger partial charge in [-0.2, -0.15) is 4.98 Å². The third kappa shape index (κ3) is 5.05. The monoisotopic (exact) mass is 593 g/mol. The van der Waals surface area contributed by atoms with E-state index >= 15 is 0 Å². The van der Waals surface area contributed by atoms with Crippen LogP contribution in [0.3, 0.4) is 0 Å². The molecule has 0 amide bonds. The molecular weight excluding hydrogens is 558 g/mol. The lowest BCUT2D eigenvalue weighted by Gasteiger charge is -2.40. The molecule has 10 heteroatoms. The van der Waals surface area contributed by atoms with Crippen molar-refractivity contribution in [2.75, 3.05) is 50.3 Å². The minimum absolute atomic E-state index is 0.0144. The van der Waals surface area contributed by atoms with Crippen LogP contribution >= 0.6 is 0 Å².